The summed E-state index contributed by atoms with van der Waals surface area (Å²) in [6.07, 6.45) is 5.91. The number of likely N-dealkylation sites (tertiary alicyclic amines) is 1. The average molecular weight is 381 g/mol. The smallest absolute Gasteiger partial charge is 0.255 e. The Hall–Kier alpha value is -2.60. The molecule has 2 aliphatic rings. The van der Waals surface area contributed by atoms with Crippen molar-refractivity contribution in [2.75, 3.05) is 20.2 Å². The first-order valence-electron chi connectivity index (χ1n) is 9.99. The lowest BCUT2D eigenvalue weighted by molar-refractivity contribution is 0.0886. The number of pyridine rings is 1. The molecular formula is C22H27N3O3. The molecule has 1 aromatic carbocycles. The summed E-state index contributed by atoms with van der Waals surface area (Å²) in [5.74, 6) is 1.25. The van der Waals surface area contributed by atoms with Gasteiger partial charge in [-0.1, -0.05) is 6.07 Å². The number of benzene rings is 1. The number of aromatic nitrogens is 1. The predicted molar refractivity (Wildman–Crippen MR) is 107 cm³/mol. The zero-order valence-corrected chi connectivity index (χ0v) is 16.3. The highest BCUT2D eigenvalue weighted by Crippen LogP contribution is 2.29. The lowest BCUT2D eigenvalue weighted by Crippen LogP contribution is -2.38. The van der Waals surface area contributed by atoms with Crippen LogP contribution in [0.5, 0.6) is 11.5 Å². The third-order valence-electron chi connectivity index (χ3n) is 5.29. The summed E-state index contributed by atoms with van der Waals surface area (Å²) in [7, 11) is 1.62. The molecule has 6 heteroatoms. The molecule has 1 N–H and O–H groups in total. The van der Waals surface area contributed by atoms with Crippen LogP contribution in [-0.4, -0.2) is 48.1 Å². The van der Waals surface area contributed by atoms with Crippen molar-refractivity contribution < 1.29 is 14.3 Å². The van der Waals surface area contributed by atoms with Gasteiger partial charge in [-0.05, 0) is 49.9 Å². The van der Waals surface area contributed by atoms with Crippen LogP contribution in [0.2, 0.25) is 0 Å². The predicted octanol–water partition coefficient (Wildman–Crippen LogP) is 3.03. The van der Waals surface area contributed by atoms with E-state index in [2.05, 4.69) is 21.3 Å². The number of carbonyl (C=O) groups excluding carboxylic acids is 1. The van der Waals surface area contributed by atoms with Crippen LogP contribution in [0.3, 0.4) is 0 Å². The van der Waals surface area contributed by atoms with E-state index in [4.69, 9.17) is 9.47 Å². The molecule has 0 unspecified atom stereocenters. The Morgan fingerprint density at radius 1 is 1.18 bits per heavy atom. The molecular weight excluding hydrogens is 354 g/mol. The van der Waals surface area contributed by atoms with Crippen LogP contribution in [0.15, 0.2) is 42.6 Å². The van der Waals surface area contributed by atoms with Crippen molar-refractivity contribution in [1.82, 2.24) is 15.2 Å². The number of ether oxygens (including phenoxy) is 2. The zero-order valence-electron chi connectivity index (χ0n) is 16.3. The summed E-state index contributed by atoms with van der Waals surface area (Å²) in [5.41, 5.74) is 1.68. The van der Waals surface area contributed by atoms with E-state index in [0.717, 1.165) is 51.0 Å². The van der Waals surface area contributed by atoms with Crippen molar-refractivity contribution >= 4 is 5.91 Å². The van der Waals surface area contributed by atoms with E-state index < -0.39 is 0 Å². The third-order valence-corrected chi connectivity index (χ3v) is 5.29. The Kier molecular flexibility index (Phi) is 5.76. The van der Waals surface area contributed by atoms with Gasteiger partial charge in [0.15, 0.2) is 0 Å². The number of carbonyl (C=O) groups is 1. The lowest BCUT2D eigenvalue weighted by Gasteiger charge is -2.32. The molecule has 1 aliphatic heterocycles. The number of rotatable bonds is 7. The van der Waals surface area contributed by atoms with E-state index in [1.165, 1.54) is 0 Å². The van der Waals surface area contributed by atoms with Crippen molar-refractivity contribution in [3.05, 3.63) is 53.9 Å². The molecule has 148 valence electrons. The number of methoxy groups -OCH3 is 1. The van der Waals surface area contributed by atoms with Gasteiger partial charge in [0.05, 0.1) is 18.4 Å². The van der Waals surface area contributed by atoms with Crippen molar-refractivity contribution in [3.63, 3.8) is 0 Å². The fourth-order valence-corrected chi connectivity index (χ4v) is 3.49. The highest BCUT2D eigenvalue weighted by atomic mass is 16.5. The van der Waals surface area contributed by atoms with Gasteiger partial charge in [-0.25, -0.2) is 0 Å². The van der Waals surface area contributed by atoms with Gasteiger partial charge in [-0.15, -0.1) is 0 Å². The van der Waals surface area contributed by atoms with Gasteiger partial charge in [0.25, 0.3) is 5.91 Å². The summed E-state index contributed by atoms with van der Waals surface area (Å²) in [5, 5.41) is 3.04. The Balaban J connectivity index is 1.37. The van der Waals surface area contributed by atoms with Crippen molar-refractivity contribution in [2.24, 2.45) is 0 Å². The van der Waals surface area contributed by atoms with Crippen LogP contribution in [0, 0.1) is 0 Å². The maximum Gasteiger partial charge on any atom is 0.255 e. The summed E-state index contributed by atoms with van der Waals surface area (Å²) in [6, 6.07) is 11.8. The molecule has 1 aliphatic carbocycles. The molecule has 28 heavy (non-hydrogen) atoms. The van der Waals surface area contributed by atoms with Crippen LogP contribution < -0.4 is 14.8 Å². The van der Waals surface area contributed by atoms with Gasteiger partial charge in [0.1, 0.15) is 17.6 Å². The molecule has 1 amide bonds. The number of amides is 1. The van der Waals surface area contributed by atoms with E-state index in [1.54, 1.807) is 13.2 Å². The quantitative estimate of drug-likeness (QED) is 0.799. The molecule has 2 heterocycles. The number of piperidine rings is 1. The average Bonchev–Trinajstić information content (AvgIpc) is 3.54. The van der Waals surface area contributed by atoms with Gasteiger partial charge in [0.2, 0.25) is 0 Å². The topological polar surface area (TPSA) is 63.7 Å². The first kappa shape index (κ1) is 18.7. The molecule has 0 atom stereocenters. The van der Waals surface area contributed by atoms with Gasteiger partial charge in [0, 0.05) is 37.9 Å². The molecule has 1 saturated carbocycles. The first-order chi connectivity index (χ1) is 13.7. The van der Waals surface area contributed by atoms with Crippen LogP contribution >= 0.6 is 0 Å². The summed E-state index contributed by atoms with van der Waals surface area (Å²) < 4.78 is 11.6. The van der Waals surface area contributed by atoms with Crippen molar-refractivity contribution in [3.8, 4) is 11.5 Å². The van der Waals surface area contributed by atoms with E-state index in [1.807, 2.05) is 30.5 Å². The van der Waals surface area contributed by atoms with Crippen molar-refractivity contribution in [2.45, 2.75) is 44.4 Å². The maximum atomic E-state index is 12.6. The van der Waals surface area contributed by atoms with Crippen LogP contribution in [-0.2, 0) is 6.54 Å². The fraction of sp³-hybridized carbons (Fsp3) is 0.455. The van der Waals surface area contributed by atoms with E-state index >= 15 is 0 Å². The molecule has 2 aromatic rings. The molecule has 0 bridgehead atoms. The molecule has 1 aromatic heterocycles. The third kappa shape index (κ3) is 4.81. The minimum atomic E-state index is -0.0623. The molecule has 0 radical (unpaired) electrons. The summed E-state index contributed by atoms with van der Waals surface area (Å²) >= 11 is 0. The highest BCUT2D eigenvalue weighted by molar-refractivity contribution is 5.97. The minimum absolute atomic E-state index is 0.0623. The van der Waals surface area contributed by atoms with Crippen LogP contribution in [0.4, 0.5) is 0 Å². The minimum Gasteiger partial charge on any atom is -0.497 e. The molecule has 1 saturated heterocycles. The Morgan fingerprint density at radius 3 is 2.68 bits per heavy atom. The Bertz CT molecular complexity index is 800. The largest absolute Gasteiger partial charge is 0.497 e. The van der Waals surface area contributed by atoms with Crippen LogP contribution in [0.25, 0.3) is 0 Å². The van der Waals surface area contributed by atoms with E-state index in [9.17, 15) is 4.79 Å². The fourth-order valence-electron chi connectivity index (χ4n) is 3.49. The summed E-state index contributed by atoms with van der Waals surface area (Å²) in [4.78, 5) is 19.4. The second kappa shape index (κ2) is 8.61. The van der Waals surface area contributed by atoms with Gasteiger partial charge in [-0.3, -0.25) is 14.7 Å². The number of hydrogen-bond acceptors (Lipinski definition) is 5. The van der Waals surface area contributed by atoms with E-state index in [0.29, 0.717) is 23.1 Å². The highest BCUT2D eigenvalue weighted by Gasteiger charge is 2.27. The number of hydrogen-bond donors (Lipinski definition) is 1. The van der Waals surface area contributed by atoms with Crippen molar-refractivity contribution in [1.29, 1.82) is 0 Å². The standard InChI is InChI=1S/C22H27N3O3/c1-27-19-7-8-20(22(26)24-16-5-6-16)21(14-19)28-18-9-12-25(13-10-18)15-17-4-2-3-11-23-17/h2-4,7-8,11,14,16,18H,5-6,9-10,12-13,15H2,1H3,(H,24,26). The lowest BCUT2D eigenvalue weighted by atomic mass is 10.1. The zero-order chi connectivity index (χ0) is 19.3. The summed E-state index contributed by atoms with van der Waals surface area (Å²) in [6.45, 7) is 2.77. The van der Waals surface area contributed by atoms with Gasteiger partial charge in [-0.2, -0.15) is 0 Å². The monoisotopic (exact) mass is 381 g/mol. The Labute approximate surface area is 165 Å². The second-order valence-electron chi connectivity index (χ2n) is 7.52. The maximum absolute atomic E-state index is 12.6. The molecule has 2 fully saturated rings. The number of nitrogens with one attached hydrogen (secondary N) is 1. The van der Waals surface area contributed by atoms with Gasteiger partial charge >= 0.3 is 0 Å². The number of nitrogens with zero attached hydrogens (tertiary/aromatic N) is 2. The second-order valence-corrected chi connectivity index (χ2v) is 7.52. The molecule has 4 rings (SSSR count). The first-order valence-corrected chi connectivity index (χ1v) is 9.99. The Morgan fingerprint density at radius 2 is 2.00 bits per heavy atom. The van der Waals surface area contributed by atoms with E-state index in [-0.39, 0.29) is 12.0 Å². The normalized spacial score (nSPS) is 17.9. The van der Waals surface area contributed by atoms with Gasteiger partial charge < -0.3 is 14.8 Å². The van der Waals surface area contributed by atoms with Crippen LogP contribution in [0.1, 0.15) is 41.7 Å². The molecule has 0 spiro atoms. The molecule has 6 nitrogen and oxygen atoms in total. The SMILES string of the molecule is COc1ccc(C(=O)NC2CC2)c(OC2CCN(Cc3ccccn3)CC2)c1.